The van der Waals surface area contributed by atoms with Crippen LogP contribution in [0.4, 0.5) is 5.69 Å². The number of piperazine rings is 1. The Morgan fingerprint density at radius 1 is 1.12 bits per heavy atom. The van der Waals surface area contributed by atoms with E-state index in [4.69, 9.17) is 22.6 Å². The minimum atomic E-state index is 0. The molecule has 1 aliphatic rings. The molecule has 7 heteroatoms. The zero-order chi connectivity index (χ0) is 17.6. The van der Waals surface area contributed by atoms with E-state index in [1.54, 1.807) is 6.07 Å². The van der Waals surface area contributed by atoms with Crippen LogP contribution in [0.2, 0.25) is 5.02 Å². The summed E-state index contributed by atoms with van der Waals surface area (Å²) < 4.78 is 0. The Balaban J connectivity index is 0.00000243. The van der Waals surface area contributed by atoms with Crippen LogP contribution >= 0.6 is 35.6 Å². The van der Waals surface area contributed by atoms with Crippen molar-refractivity contribution in [3.05, 3.63) is 64.7 Å². The van der Waals surface area contributed by atoms with Crippen molar-refractivity contribution < 1.29 is 0 Å². The highest BCUT2D eigenvalue weighted by atomic mass is 127. The van der Waals surface area contributed by atoms with E-state index in [0.29, 0.717) is 18.1 Å². The molecule has 136 valence electrons. The largest absolute Gasteiger partial charge is 0.370 e. The van der Waals surface area contributed by atoms with E-state index < -0.39 is 0 Å². The van der Waals surface area contributed by atoms with E-state index in [0.717, 1.165) is 36.8 Å². The lowest BCUT2D eigenvalue weighted by molar-refractivity contribution is 0.380. The molecule has 1 fully saturated rings. The summed E-state index contributed by atoms with van der Waals surface area (Å²) in [5.41, 5.74) is 8.95. The van der Waals surface area contributed by atoms with Crippen molar-refractivity contribution in [1.82, 2.24) is 4.90 Å². The first-order chi connectivity index (χ1) is 12.2. The number of nitrogens with zero attached hydrogens (tertiary/aromatic N) is 4. The van der Waals surface area contributed by atoms with Gasteiger partial charge in [-0.3, -0.25) is 0 Å². The zero-order valence-electron chi connectivity index (χ0n) is 14.3. The molecule has 1 aliphatic heterocycles. The van der Waals surface area contributed by atoms with Gasteiger partial charge in [-0.15, -0.1) is 24.0 Å². The number of benzene rings is 2. The Hall–Kier alpha value is -1.98. The van der Waals surface area contributed by atoms with Gasteiger partial charge in [0.15, 0.2) is 5.96 Å². The molecule has 1 heterocycles. The van der Waals surface area contributed by atoms with Gasteiger partial charge in [-0.25, -0.2) is 4.99 Å². The molecular formula is C19H21ClIN5. The van der Waals surface area contributed by atoms with E-state index in [1.807, 2.05) is 42.5 Å². The Labute approximate surface area is 176 Å². The third-order valence-corrected chi connectivity index (χ3v) is 4.53. The number of halogens is 2. The molecule has 3 rings (SSSR count). The molecule has 0 aliphatic carbocycles. The number of rotatable bonds is 3. The predicted molar refractivity (Wildman–Crippen MR) is 117 cm³/mol. The number of hydrogen-bond donors (Lipinski definition) is 1. The smallest absolute Gasteiger partial charge is 0.191 e. The lowest BCUT2D eigenvalue weighted by atomic mass is 10.1. The minimum absolute atomic E-state index is 0. The first kappa shape index (κ1) is 20.3. The monoisotopic (exact) mass is 481 g/mol. The Morgan fingerprint density at radius 3 is 2.46 bits per heavy atom. The summed E-state index contributed by atoms with van der Waals surface area (Å²) in [6.07, 6.45) is 0. The lowest BCUT2D eigenvalue weighted by Gasteiger charge is -2.36. The molecule has 0 unspecified atom stereocenters. The molecule has 0 atom stereocenters. The quantitative estimate of drug-likeness (QED) is 0.414. The first-order valence-corrected chi connectivity index (χ1v) is 8.58. The summed E-state index contributed by atoms with van der Waals surface area (Å²) >= 11 is 5.94. The summed E-state index contributed by atoms with van der Waals surface area (Å²) in [7, 11) is 0. The zero-order valence-corrected chi connectivity index (χ0v) is 17.4. The van der Waals surface area contributed by atoms with Crippen LogP contribution in [0.3, 0.4) is 0 Å². The molecule has 2 aromatic rings. The van der Waals surface area contributed by atoms with E-state index in [2.05, 4.69) is 20.9 Å². The summed E-state index contributed by atoms with van der Waals surface area (Å²) in [6, 6.07) is 17.5. The fourth-order valence-electron chi connectivity index (χ4n) is 2.86. The molecule has 0 amide bonds. The fourth-order valence-corrected chi connectivity index (χ4v) is 2.98. The maximum absolute atomic E-state index is 8.95. The van der Waals surface area contributed by atoms with Crippen molar-refractivity contribution in [3.63, 3.8) is 0 Å². The molecule has 2 aromatic carbocycles. The average Bonchev–Trinajstić information content (AvgIpc) is 2.67. The highest BCUT2D eigenvalue weighted by molar-refractivity contribution is 14.0. The molecule has 0 aromatic heterocycles. The Kier molecular flexibility index (Phi) is 7.54. The van der Waals surface area contributed by atoms with Gasteiger partial charge in [0.05, 0.1) is 18.2 Å². The number of guanidine groups is 1. The molecule has 0 saturated carbocycles. The molecule has 2 N–H and O–H groups in total. The van der Waals surface area contributed by atoms with Crippen LogP contribution in [0.15, 0.2) is 53.5 Å². The first-order valence-electron chi connectivity index (χ1n) is 8.20. The second-order valence-corrected chi connectivity index (χ2v) is 6.37. The van der Waals surface area contributed by atoms with E-state index in [9.17, 15) is 0 Å². The SMILES string of the molecule is I.N#Cc1cccc(CN=C(N)N2CCN(c3ccc(Cl)cc3)CC2)c1. The molecule has 0 bridgehead atoms. The third kappa shape index (κ3) is 5.26. The third-order valence-electron chi connectivity index (χ3n) is 4.28. The Morgan fingerprint density at radius 2 is 1.81 bits per heavy atom. The van der Waals surface area contributed by atoms with E-state index in [-0.39, 0.29) is 24.0 Å². The number of aliphatic imine (C=N–C) groups is 1. The predicted octanol–water partition coefficient (Wildman–Crippen LogP) is 3.47. The van der Waals surface area contributed by atoms with Crippen molar-refractivity contribution >= 4 is 47.2 Å². The van der Waals surface area contributed by atoms with Crippen molar-refractivity contribution in [2.24, 2.45) is 10.7 Å². The highest BCUT2D eigenvalue weighted by Gasteiger charge is 2.18. The number of anilines is 1. The molecule has 26 heavy (non-hydrogen) atoms. The topological polar surface area (TPSA) is 68.6 Å². The van der Waals surface area contributed by atoms with Crippen LogP contribution in [-0.4, -0.2) is 37.0 Å². The molecule has 1 saturated heterocycles. The van der Waals surface area contributed by atoms with Gasteiger partial charge in [0.2, 0.25) is 0 Å². The van der Waals surface area contributed by atoms with Gasteiger partial charge >= 0.3 is 0 Å². The minimum Gasteiger partial charge on any atom is -0.370 e. The number of nitriles is 1. The van der Waals surface area contributed by atoms with Crippen LogP contribution in [-0.2, 0) is 6.54 Å². The van der Waals surface area contributed by atoms with Crippen LogP contribution in [0.25, 0.3) is 0 Å². The fraction of sp³-hybridized carbons (Fsp3) is 0.263. The van der Waals surface area contributed by atoms with Gasteiger partial charge in [-0.1, -0.05) is 23.7 Å². The van der Waals surface area contributed by atoms with Crippen LogP contribution in [0.5, 0.6) is 0 Å². The van der Waals surface area contributed by atoms with Crippen LogP contribution in [0, 0.1) is 11.3 Å². The van der Waals surface area contributed by atoms with E-state index >= 15 is 0 Å². The standard InChI is InChI=1S/C19H20ClN5.HI/c20-17-4-6-18(7-5-17)24-8-10-25(11-9-24)19(22)23-14-16-3-1-2-15(12-16)13-21;/h1-7,12H,8-11,14H2,(H2,22,23);1H. The Bertz CT molecular complexity index is 792. The summed E-state index contributed by atoms with van der Waals surface area (Å²) in [6.45, 7) is 3.93. The van der Waals surface area contributed by atoms with Gasteiger partial charge in [-0.2, -0.15) is 5.26 Å². The van der Waals surface area contributed by atoms with Crippen molar-refractivity contribution in [2.75, 3.05) is 31.1 Å². The molecular weight excluding hydrogens is 461 g/mol. The van der Waals surface area contributed by atoms with Gasteiger partial charge in [0.1, 0.15) is 0 Å². The molecule has 0 spiro atoms. The lowest BCUT2D eigenvalue weighted by Crippen LogP contribution is -2.51. The maximum Gasteiger partial charge on any atom is 0.191 e. The average molecular weight is 482 g/mol. The van der Waals surface area contributed by atoms with Crippen molar-refractivity contribution in [3.8, 4) is 6.07 Å². The van der Waals surface area contributed by atoms with Gasteiger partial charge < -0.3 is 15.5 Å². The van der Waals surface area contributed by atoms with Crippen molar-refractivity contribution in [1.29, 1.82) is 5.26 Å². The van der Waals surface area contributed by atoms with Gasteiger partial charge in [0, 0.05) is 36.9 Å². The second kappa shape index (κ2) is 9.64. The van der Waals surface area contributed by atoms with E-state index in [1.165, 1.54) is 5.69 Å². The summed E-state index contributed by atoms with van der Waals surface area (Å²) in [4.78, 5) is 8.89. The maximum atomic E-state index is 8.95. The van der Waals surface area contributed by atoms with Gasteiger partial charge in [-0.05, 0) is 42.0 Å². The number of hydrogen-bond acceptors (Lipinski definition) is 3. The van der Waals surface area contributed by atoms with Crippen LogP contribution in [0.1, 0.15) is 11.1 Å². The van der Waals surface area contributed by atoms with Crippen molar-refractivity contribution in [2.45, 2.75) is 6.54 Å². The normalized spacial score (nSPS) is 14.5. The van der Waals surface area contributed by atoms with Gasteiger partial charge in [0.25, 0.3) is 0 Å². The van der Waals surface area contributed by atoms with Crippen LogP contribution < -0.4 is 10.6 Å². The second-order valence-electron chi connectivity index (χ2n) is 5.94. The highest BCUT2D eigenvalue weighted by Crippen LogP contribution is 2.19. The molecule has 5 nitrogen and oxygen atoms in total. The summed E-state index contributed by atoms with van der Waals surface area (Å²) in [5, 5.41) is 9.70. The molecule has 0 radical (unpaired) electrons. The summed E-state index contributed by atoms with van der Waals surface area (Å²) in [5.74, 6) is 0.554. The number of nitrogens with two attached hydrogens (primary N) is 1.